The summed E-state index contributed by atoms with van der Waals surface area (Å²) in [5.41, 5.74) is 0. The van der Waals surface area contributed by atoms with E-state index in [-0.39, 0.29) is 0 Å². The highest BCUT2D eigenvalue weighted by Crippen LogP contribution is 1.87. The predicted molar refractivity (Wildman–Crippen MR) is 45.5 cm³/mol. The lowest BCUT2D eigenvalue weighted by Gasteiger charge is -1.84. The second-order valence-electron chi connectivity index (χ2n) is 2.15. The molecule has 54 valence electrons. The van der Waals surface area contributed by atoms with Gasteiger partial charge in [0.2, 0.25) is 0 Å². The van der Waals surface area contributed by atoms with Gasteiger partial charge < -0.3 is 0 Å². The lowest BCUT2D eigenvalue weighted by molar-refractivity contribution is 0.835. The Morgan fingerprint density at radius 2 is 1.33 bits per heavy atom. The normalized spacial score (nSPS) is 9.00. The third kappa shape index (κ3) is 36.5. The van der Waals surface area contributed by atoms with Gasteiger partial charge in [-0.25, -0.2) is 0 Å². The van der Waals surface area contributed by atoms with Crippen molar-refractivity contribution in [1.82, 2.24) is 0 Å². The Morgan fingerprint density at radius 1 is 1.11 bits per heavy atom. The first-order chi connectivity index (χ1) is 4.18. The smallest absolute Gasteiger partial charge is 0.0293 e. The molecule has 0 aromatic carbocycles. The van der Waals surface area contributed by atoms with Gasteiger partial charge in [-0.05, 0) is 19.8 Å². The molecule has 0 aliphatic rings. The number of hydrogen-bond acceptors (Lipinski definition) is 0. The van der Waals surface area contributed by atoms with Crippen molar-refractivity contribution >= 4 is 0 Å². The molecule has 0 unspecified atom stereocenters. The zero-order chi connectivity index (χ0) is 7.70. The first-order valence-corrected chi connectivity index (χ1v) is 3.38. The minimum Gasteiger partial charge on any atom is -0.103 e. The molecule has 0 aromatic heterocycles. The van der Waals surface area contributed by atoms with Gasteiger partial charge in [0.05, 0.1) is 0 Å². The van der Waals surface area contributed by atoms with Crippen LogP contribution in [0.15, 0.2) is 24.8 Å². The average Bonchev–Trinajstić information content (AvgIpc) is 1.89. The summed E-state index contributed by atoms with van der Waals surface area (Å²) in [7, 11) is 0. The van der Waals surface area contributed by atoms with Crippen molar-refractivity contribution in [3.63, 3.8) is 0 Å². The van der Waals surface area contributed by atoms with Gasteiger partial charge in [0.1, 0.15) is 0 Å². The topological polar surface area (TPSA) is 0 Å². The van der Waals surface area contributed by atoms with E-state index in [0.717, 1.165) is 0 Å². The molecular weight excluding hydrogens is 108 g/mol. The molecule has 0 saturated heterocycles. The van der Waals surface area contributed by atoms with Crippen molar-refractivity contribution in [2.24, 2.45) is 5.92 Å². The molecule has 0 aromatic rings. The molecule has 0 saturated carbocycles. The van der Waals surface area contributed by atoms with E-state index in [9.17, 15) is 0 Å². The molecule has 0 heterocycles. The quantitative estimate of drug-likeness (QED) is 0.472. The average molecular weight is 126 g/mol. The molecule has 0 spiro atoms. The van der Waals surface area contributed by atoms with Crippen LogP contribution in [0.5, 0.6) is 0 Å². The summed E-state index contributed by atoms with van der Waals surface area (Å²) in [6.07, 6.45) is 5.92. The Morgan fingerprint density at radius 3 is 1.33 bits per heavy atom. The fourth-order valence-electron chi connectivity index (χ4n) is 0. The van der Waals surface area contributed by atoms with Crippen LogP contribution in [0.1, 0.15) is 27.7 Å². The van der Waals surface area contributed by atoms with Crippen LogP contribution in [0.2, 0.25) is 0 Å². The monoisotopic (exact) mass is 126 g/mol. The minimum absolute atomic E-state index is 0.648. The number of hydrogen-bond donors (Lipinski definition) is 0. The summed E-state index contributed by atoms with van der Waals surface area (Å²) in [6.45, 7) is 11.8. The number of rotatable bonds is 1. The second kappa shape index (κ2) is 10.5. The highest BCUT2D eigenvalue weighted by atomic mass is 13.8. The second-order valence-corrected chi connectivity index (χ2v) is 2.15. The standard InChI is InChI=1S/C5H10.C4H8/c1-4-5(2)3;1-3-4-2/h4-5H,1H2,2-3H3;3-4H,1-2H3. The van der Waals surface area contributed by atoms with Crippen molar-refractivity contribution in [2.45, 2.75) is 27.7 Å². The van der Waals surface area contributed by atoms with E-state index in [2.05, 4.69) is 20.4 Å². The van der Waals surface area contributed by atoms with Crippen LogP contribution in [0, 0.1) is 5.92 Å². The zero-order valence-electron chi connectivity index (χ0n) is 7.02. The molecular formula is C9H18. The lowest BCUT2D eigenvalue weighted by Crippen LogP contribution is -1.71. The molecule has 0 aliphatic carbocycles. The lowest BCUT2D eigenvalue weighted by atomic mass is 10.2. The Kier molecular flexibility index (Phi) is 13.1. The van der Waals surface area contributed by atoms with Gasteiger partial charge >= 0.3 is 0 Å². The summed E-state index contributed by atoms with van der Waals surface area (Å²) in [4.78, 5) is 0. The van der Waals surface area contributed by atoms with Gasteiger partial charge in [-0.15, -0.1) is 6.58 Å². The van der Waals surface area contributed by atoms with E-state index in [0.29, 0.717) is 5.92 Å². The molecule has 0 N–H and O–H groups in total. The van der Waals surface area contributed by atoms with Gasteiger partial charge in [-0.1, -0.05) is 32.1 Å². The summed E-state index contributed by atoms with van der Waals surface area (Å²) in [5.74, 6) is 0.648. The van der Waals surface area contributed by atoms with Gasteiger partial charge in [0.25, 0.3) is 0 Å². The highest BCUT2D eigenvalue weighted by molar-refractivity contribution is 4.69. The fourth-order valence-corrected chi connectivity index (χ4v) is 0. The Hall–Kier alpha value is -0.520. The van der Waals surface area contributed by atoms with Gasteiger partial charge in [-0.3, -0.25) is 0 Å². The molecule has 0 radical (unpaired) electrons. The van der Waals surface area contributed by atoms with E-state index in [1.807, 2.05) is 32.1 Å². The molecule has 0 rings (SSSR count). The maximum Gasteiger partial charge on any atom is -0.0293 e. The molecule has 0 heteroatoms. The molecule has 0 atom stereocenters. The van der Waals surface area contributed by atoms with Crippen molar-refractivity contribution in [3.05, 3.63) is 24.8 Å². The van der Waals surface area contributed by atoms with Crippen molar-refractivity contribution in [3.8, 4) is 0 Å². The van der Waals surface area contributed by atoms with Gasteiger partial charge in [0, 0.05) is 0 Å². The van der Waals surface area contributed by atoms with Crippen molar-refractivity contribution in [1.29, 1.82) is 0 Å². The summed E-state index contributed by atoms with van der Waals surface area (Å²) in [6, 6.07) is 0. The fraction of sp³-hybridized carbons (Fsp3) is 0.556. The van der Waals surface area contributed by atoms with Crippen LogP contribution in [0.25, 0.3) is 0 Å². The van der Waals surface area contributed by atoms with E-state index in [4.69, 9.17) is 0 Å². The zero-order valence-corrected chi connectivity index (χ0v) is 7.02. The molecule has 0 bridgehead atoms. The van der Waals surface area contributed by atoms with E-state index >= 15 is 0 Å². The first kappa shape index (κ1) is 11.3. The van der Waals surface area contributed by atoms with Crippen LogP contribution >= 0.6 is 0 Å². The van der Waals surface area contributed by atoms with Gasteiger partial charge in [-0.2, -0.15) is 0 Å². The van der Waals surface area contributed by atoms with Crippen LogP contribution in [-0.4, -0.2) is 0 Å². The van der Waals surface area contributed by atoms with E-state index in [1.54, 1.807) is 0 Å². The maximum absolute atomic E-state index is 3.56. The SMILES string of the molecule is C=CC(C)C.CC=CC. The van der Waals surface area contributed by atoms with Crippen molar-refractivity contribution < 1.29 is 0 Å². The highest BCUT2D eigenvalue weighted by Gasteiger charge is 1.73. The van der Waals surface area contributed by atoms with Crippen molar-refractivity contribution in [2.75, 3.05) is 0 Å². The Labute approximate surface area is 59.3 Å². The molecule has 0 fully saturated rings. The number of allylic oxidation sites excluding steroid dienone is 3. The van der Waals surface area contributed by atoms with Crippen LogP contribution < -0.4 is 0 Å². The largest absolute Gasteiger partial charge is 0.103 e. The molecule has 9 heavy (non-hydrogen) atoms. The Bertz CT molecular complexity index is 64.1. The summed E-state index contributed by atoms with van der Waals surface area (Å²) >= 11 is 0. The summed E-state index contributed by atoms with van der Waals surface area (Å²) in [5, 5.41) is 0. The van der Waals surface area contributed by atoms with E-state index < -0.39 is 0 Å². The minimum atomic E-state index is 0.648. The third-order valence-electron chi connectivity index (χ3n) is 0.805. The van der Waals surface area contributed by atoms with Crippen LogP contribution in [0.4, 0.5) is 0 Å². The van der Waals surface area contributed by atoms with Gasteiger partial charge in [0.15, 0.2) is 0 Å². The predicted octanol–water partition coefficient (Wildman–Crippen LogP) is 3.41. The van der Waals surface area contributed by atoms with Crippen LogP contribution in [-0.2, 0) is 0 Å². The van der Waals surface area contributed by atoms with Crippen LogP contribution in [0.3, 0.4) is 0 Å². The Balaban J connectivity index is 0. The first-order valence-electron chi connectivity index (χ1n) is 3.38. The summed E-state index contributed by atoms with van der Waals surface area (Å²) < 4.78 is 0. The maximum atomic E-state index is 3.56. The molecule has 0 nitrogen and oxygen atoms in total. The van der Waals surface area contributed by atoms with E-state index in [1.165, 1.54) is 0 Å². The molecule has 0 amide bonds. The molecule has 0 aliphatic heterocycles. The third-order valence-corrected chi connectivity index (χ3v) is 0.805.